The largest absolute Gasteiger partial charge is 1.00 e. The molecular formula is C17H23NNa4O20S3. The third-order valence-corrected chi connectivity index (χ3v) is 6.50. The number of aliphatic carboxylic acids is 1. The maximum absolute atomic E-state index is 12.4. The molecule has 0 unspecified atom stereocenters. The molecule has 1 fully saturated rings. The topological polar surface area (TPSA) is 337 Å². The zero-order chi connectivity index (χ0) is 31.7. The van der Waals surface area contributed by atoms with Crippen LogP contribution in [-0.2, 0) is 68.0 Å². The normalized spacial score (nSPS) is 28.8. The SMILES string of the molecule is CC(C)(C)C(=O)O[C@H]1O[C@H](COS(=O)(=O)[O-])[C@@H](O[C@@H]2OC(C(=O)[O-])=C[C@H](O)[C@H]2OS(=O)(=O)[O-])[C@H](O)[C@H]1NS(=O)(=O)[O-].[Na+].[Na+].[Na+].[Na+]. The van der Waals surface area contributed by atoms with Gasteiger partial charge in [0.15, 0.2) is 16.4 Å². The molecule has 45 heavy (non-hydrogen) atoms. The zero-order valence-electron chi connectivity index (χ0n) is 24.9. The molecule has 0 aromatic rings. The van der Waals surface area contributed by atoms with Gasteiger partial charge in [0, 0.05) is 0 Å². The van der Waals surface area contributed by atoms with E-state index in [1.54, 1.807) is 0 Å². The van der Waals surface area contributed by atoms with Crippen molar-refractivity contribution in [3.05, 3.63) is 11.8 Å². The molecule has 0 amide bonds. The molecule has 1 saturated heterocycles. The molecule has 0 aromatic heterocycles. The van der Waals surface area contributed by atoms with Gasteiger partial charge in [-0.05, 0) is 26.8 Å². The number of hydrogen-bond donors (Lipinski definition) is 3. The number of ether oxygens (including phenoxy) is 4. The van der Waals surface area contributed by atoms with E-state index >= 15 is 0 Å². The van der Waals surface area contributed by atoms with Crippen molar-refractivity contribution in [1.29, 1.82) is 0 Å². The number of aliphatic hydroxyl groups excluding tert-OH is 2. The van der Waals surface area contributed by atoms with E-state index < -0.39 is 110 Å². The first-order valence-corrected chi connectivity index (χ1v) is 14.9. The first-order valence-electron chi connectivity index (χ1n) is 10.8. The van der Waals surface area contributed by atoms with Crippen LogP contribution in [0.4, 0.5) is 0 Å². The molecule has 3 N–H and O–H groups in total. The van der Waals surface area contributed by atoms with Gasteiger partial charge >= 0.3 is 124 Å². The minimum atomic E-state index is -5.69. The first-order chi connectivity index (χ1) is 18.4. The summed E-state index contributed by atoms with van der Waals surface area (Å²) < 4.78 is 131. The maximum Gasteiger partial charge on any atom is 1.00 e. The fourth-order valence-corrected chi connectivity index (χ4v) is 4.67. The third-order valence-electron chi connectivity index (χ3n) is 5.06. The molecule has 0 spiro atoms. The van der Waals surface area contributed by atoms with Gasteiger partial charge in [-0.2, -0.15) is 0 Å². The van der Waals surface area contributed by atoms with Crippen LogP contribution in [0.25, 0.3) is 0 Å². The Morgan fingerprint density at radius 1 is 0.933 bits per heavy atom. The number of aliphatic hydroxyl groups is 2. The molecule has 238 valence electrons. The second-order valence-electron chi connectivity index (χ2n) is 9.34. The summed E-state index contributed by atoms with van der Waals surface area (Å²) in [5.74, 6) is -4.46. The average Bonchev–Trinajstić information content (AvgIpc) is 2.76. The summed E-state index contributed by atoms with van der Waals surface area (Å²) in [5, 5.41) is 32.3. The Balaban J connectivity index is -0.00000441. The fourth-order valence-electron chi connectivity index (χ4n) is 3.30. The number of rotatable bonds is 11. The summed E-state index contributed by atoms with van der Waals surface area (Å²) in [5.41, 5.74) is -1.30. The number of hydrogen-bond acceptors (Lipinski definition) is 20. The Labute approximate surface area is 346 Å². The van der Waals surface area contributed by atoms with Crippen LogP contribution in [-0.4, -0.2) is 117 Å². The number of nitrogens with one attached hydrogen (secondary N) is 1. The summed E-state index contributed by atoms with van der Waals surface area (Å²) in [6.07, 6.45) is -16.0. The van der Waals surface area contributed by atoms with Crippen molar-refractivity contribution >= 4 is 43.0 Å². The number of carbonyl (C=O) groups is 2. The quantitative estimate of drug-likeness (QED) is 0.0764. The van der Waals surface area contributed by atoms with Gasteiger partial charge in [0.2, 0.25) is 33.4 Å². The standard InChI is InChI=1S/C17H27NO20S3.4Na/c1-17(2,3)16(23)37-14-9(18-39(24,25)26)10(20)12(8(35-14)5-33-40(27,28)29)36-15-11(38-41(30,31)32)6(19)4-7(34-15)13(21)22;;;;/h4,6,8-12,14-15,18-20H,5H2,1-3H3,(H,21,22)(H,24,25,26)(H,27,28,29)(H,30,31,32);;;;/q;4*+1/p-4/t6-,8+,9+,10+,11+,12+,14+,15-;;;;/m0..../s1. The van der Waals surface area contributed by atoms with Gasteiger partial charge in [0.25, 0.3) is 0 Å². The number of esters is 1. The van der Waals surface area contributed by atoms with Crippen LogP contribution in [0.1, 0.15) is 20.8 Å². The Hall–Kier alpha value is 1.93. The molecule has 21 nitrogen and oxygen atoms in total. The van der Waals surface area contributed by atoms with E-state index in [-0.39, 0.29) is 118 Å². The summed E-state index contributed by atoms with van der Waals surface area (Å²) in [7, 11) is -16.7. The number of carboxylic acid groups (broad SMARTS) is 1. The van der Waals surface area contributed by atoms with Crippen molar-refractivity contribution in [2.24, 2.45) is 5.41 Å². The third kappa shape index (κ3) is 17.1. The smallest absolute Gasteiger partial charge is 0.735 e. The molecule has 28 heteroatoms. The molecule has 2 rings (SSSR count). The van der Waals surface area contributed by atoms with E-state index in [0.29, 0.717) is 6.08 Å². The molecule has 8 atom stereocenters. The Morgan fingerprint density at radius 2 is 1.47 bits per heavy atom. The first kappa shape index (κ1) is 51.3. The average molecular weight is 750 g/mol. The van der Waals surface area contributed by atoms with Gasteiger partial charge in [-0.1, -0.05) is 0 Å². The Bertz CT molecular complexity index is 1350. The summed E-state index contributed by atoms with van der Waals surface area (Å²) in [6, 6.07) is -2.28. The predicted molar refractivity (Wildman–Crippen MR) is 116 cm³/mol. The van der Waals surface area contributed by atoms with Gasteiger partial charge in [-0.25, -0.2) is 30.0 Å². The van der Waals surface area contributed by atoms with Crippen LogP contribution in [0.3, 0.4) is 0 Å². The van der Waals surface area contributed by atoms with E-state index in [4.69, 9.17) is 18.9 Å². The van der Waals surface area contributed by atoms with Crippen LogP contribution >= 0.6 is 0 Å². The minimum absolute atomic E-state index is 0. The monoisotopic (exact) mass is 749 g/mol. The van der Waals surface area contributed by atoms with Crippen LogP contribution in [0.5, 0.6) is 0 Å². The summed E-state index contributed by atoms with van der Waals surface area (Å²) in [4.78, 5) is 23.7. The van der Waals surface area contributed by atoms with E-state index in [1.807, 2.05) is 0 Å². The van der Waals surface area contributed by atoms with Crippen LogP contribution < -0.4 is 128 Å². The van der Waals surface area contributed by atoms with Crippen LogP contribution in [0.15, 0.2) is 11.8 Å². The minimum Gasteiger partial charge on any atom is -0.735 e. The molecular weight excluding hydrogens is 726 g/mol. The van der Waals surface area contributed by atoms with Crippen molar-refractivity contribution in [2.45, 2.75) is 69.9 Å². The molecule has 2 aliphatic heterocycles. The van der Waals surface area contributed by atoms with Gasteiger partial charge in [-0.15, -0.1) is 0 Å². The molecule has 0 radical (unpaired) electrons. The van der Waals surface area contributed by atoms with Gasteiger partial charge in [0.1, 0.15) is 42.2 Å². The van der Waals surface area contributed by atoms with Crippen LogP contribution in [0, 0.1) is 5.41 Å². The second-order valence-corrected chi connectivity index (χ2v) is 12.5. The molecule has 0 aromatic carbocycles. The van der Waals surface area contributed by atoms with E-state index in [2.05, 4.69) is 8.37 Å². The summed E-state index contributed by atoms with van der Waals surface area (Å²) >= 11 is 0. The number of carbonyl (C=O) groups excluding carboxylic acids is 2. The summed E-state index contributed by atoms with van der Waals surface area (Å²) in [6.45, 7) is 2.60. The molecule has 2 heterocycles. The van der Waals surface area contributed by atoms with Crippen molar-refractivity contribution in [1.82, 2.24) is 4.72 Å². The fraction of sp³-hybridized carbons (Fsp3) is 0.765. The van der Waals surface area contributed by atoms with Gasteiger partial charge in [-0.3, -0.25) is 13.2 Å². The Morgan fingerprint density at radius 3 is 1.89 bits per heavy atom. The van der Waals surface area contributed by atoms with Gasteiger partial charge in [0.05, 0.1) is 12.0 Å². The molecule has 2 aliphatic rings. The van der Waals surface area contributed by atoms with Crippen molar-refractivity contribution in [3.63, 3.8) is 0 Å². The van der Waals surface area contributed by atoms with Crippen LogP contribution in [0.2, 0.25) is 0 Å². The molecule has 0 bridgehead atoms. The van der Waals surface area contributed by atoms with E-state index in [9.17, 15) is 63.8 Å². The molecule has 0 aliphatic carbocycles. The zero-order valence-corrected chi connectivity index (χ0v) is 35.3. The molecule has 0 saturated carbocycles. The van der Waals surface area contributed by atoms with Crippen molar-refractivity contribution < 1.29 is 209 Å². The van der Waals surface area contributed by atoms with Crippen molar-refractivity contribution in [2.75, 3.05) is 6.61 Å². The second kappa shape index (κ2) is 20.1. The van der Waals surface area contributed by atoms with Crippen molar-refractivity contribution in [3.8, 4) is 0 Å². The van der Waals surface area contributed by atoms with E-state index in [1.165, 1.54) is 25.5 Å². The maximum atomic E-state index is 12.4. The predicted octanol–water partition coefficient (Wildman–Crippen LogP) is -17.8. The Kier molecular flexibility index (Phi) is 22.9. The van der Waals surface area contributed by atoms with Gasteiger partial charge < -0.3 is 52.7 Å². The van der Waals surface area contributed by atoms with E-state index in [0.717, 1.165) is 0 Å². The number of carboxylic acids is 1.